The van der Waals surface area contributed by atoms with Crippen molar-refractivity contribution >= 4 is 43.9 Å². The largest absolute Gasteiger partial charge is 0.379 e. The number of carbonyl (C=O) groups is 1. The van der Waals surface area contributed by atoms with E-state index in [9.17, 15) is 9.18 Å². The second-order valence-corrected chi connectivity index (χ2v) is 8.88. The highest BCUT2D eigenvalue weighted by atomic mass is 32.1. The number of thiazole rings is 2. The molecule has 1 aliphatic heterocycles. The van der Waals surface area contributed by atoms with Crippen LogP contribution in [0.3, 0.4) is 0 Å². The maximum atomic E-state index is 13.6. The summed E-state index contributed by atoms with van der Waals surface area (Å²) in [5.74, 6) is -0.404. The molecule has 28 heavy (non-hydrogen) atoms. The molecule has 0 saturated carbocycles. The topological polar surface area (TPSA) is 58.6 Å². The van der Waals surface area contributed by atoms with Crippen LogP contribution in [0.2, 0.25) is 0 Å². The summed E-state index contributed by atoms with van der Waals surface area (Å²) in [4.78, 5) is 26.9. The third kappa shape index (κ3) is 4.07. The molecule has 3 aromatic rings. The molecule has 0 unspecified atom stereocenters. The monoisotopic (exact) mass is 420 g/mol. The van der Waals surface area contributed by atoms with E-state index in [1.807, 2.05) is 13.8 Å². The number of aryl methyl sites for hydroxylation is 2. The lowest BCUT2D eigenvalue weighted by molar-refractivity contribution is 0.0391. The molecular weight excluding hydrogens is 399 g/mol. The molecule has 0 N–H and O–H groups in total. The highest BCUT2D eigenvalue weighted by Crippen LogP contribution is 2.31. The first-order valence-electron chi connectivity index (χ1n) is 9.13. The van der Waals surface area contributed by atoms with E-state index in [4.69, 9.17) is 4.74 Å². The maximum absolute atomic E-state index is 13.6. The van der Waals surface area contributed by atoms with E-state index < -0.39 is 0 Å². The maximum Gasteiger partial charge on any atom is 0.272 e. The summed E-state index contributed by atoms with van der Waals surface area (Å²) >= 11 is 2.73. The van der Waals surface area contributed by atoms with Crippen molar-refractivity contribution in [3.63, 3.8) is 0 Å². The smallest absolute Gasteiger partial charge is 0.272 e. The Hall–Kier alpha value is -1.94. The molecule has 1 aliphatic rings. The Balaban J connectivity index is 1.64. The molecule has 1 saturated heterocycles. The van der Waals surface area contributed by atoms with E-state index in [0.29, 0.717) is 35.3 Å². The SMILES string of the molecule is Cc1nc(C)c(C(=O)N(CCN2CCOCC2)c2nc3ccc(F)cc3s2)s1. The number of hydrogen-bond donors (Lipinski definition) is 0. The molecule has 3 heterocycles. The minimum absolute atomic E-state index is 0.101. The van der Waals surface area contributed by atoms with Gasteiger partial charge in [0.15, 0.2) is 5.13 Å². The molecule has 4 rings (SSSR count). The van der Waals surface area contributed by atoms with Gasteiger partial charge in [0.2, 0.25) is 0 Å². The van der Waals surface area contributed by atoms with Gasteiger partial charge in [-0.05, 0) is 32.0 Å². The van der Waals surface area contributed by atoms with Crippen molar-refractivity contribution in [2.45, 2.75) is 13.8 Å². The molecule has 0 radical (unpaired) electrons. The highest BCUT2D eigenvalue weighted by Gasteiger charge is 2.26. The van der Waals surface area contributed by atoms with E-state index in [1.54, 1.807) is 11.0 Å². The second kappa shape index (κ2) is 8.20. The number of hydrogen-bond acceptors (Lipinski definition) is 7. The standard InChI is InChI=1S/C19H21FN4O2S2/c1-12-17(27-13(2)21-12)18(25)24(6-5-23-7-9-26-10-8-23)19-22-15-4-3-14(20)11-16(15)28-19/h3-4,11H,5-10H2,1-2H3. The van der Waals surface area contributed by atoms with E-state index in [1.165, 1.54) is 34.8 Å². The fourth-order valence-corrected chi connectivity index (χ4v) is 5.09. The van der Waals surface area contributed by atoms with Gasteiger partial charge in [0.25, 0.3) is 5.91 Å². The van der Waals surface area contributed by atoms with Crippen LogP contribution in [0.5, 0.6) is 0 Å². The number of amides is 1. The summed E-state index contributed by atoms with van der Waals surface area (Å²) in [7, 11) is 0. The van der Waals surface area contributed by atoms with Gasteiger partial charge in [-0.3, -0.25) is 14.6 Å². The van der Waals surface area contributed by atoms with E-state index >= 15 is 0 Å². The van der Waals surface area contributed by atoms with Gasteiger partial charge in [-0.25, -0.2) is 14.4 Å². The number of anilines is 1. The van der Waals surface area contributed by atoms with Crippen molar-refractivity contribution in [2.75, 3.05) is 44.3 Å². The molecule has 6 nitrogen and oxygen atoms in total. The average Bonchev–Trinajstić information content (AvgIpc) is 3.24. The fraction of sp³-hybridized carbons (Fsp3) is 0.421. The van der Waals surface area contributed by atoms with Gasteiger partial charge in [0.1, 0.15) is 10.7 Å². The first-order valence-corrected chi connectivity index (χ1v) is 10.8. The number of benzene rings is 1. The van der Waals surface area contributed by atoms with Crippen LogP contribution in [-0.2, 0) is 4.74 Å². The normalized spacial score (nSPS) is 15.2. The van der Waals surface area contributed by atoms with Gasteiger partial charge in [-0.1, -0.05) is 11.3 Å². The van der Waals surface area contributed by atoms with Gasteiger partial charge in [0, 0.05) is 26.2 Å². The van der Waals surface area contributed by atoms with Gasteiger partial charge in [-0.2, -0.15) is 0 Å². The first-order chi connectivity index (χ1) is 13.5. The third-order valence-corrected chi connectivity index (χ3v) is 6.76. The second-order valence-electron chi connectivity index (χ2n) is 6.67. The summed E-state index contributed by atoms with van der Waals surface area (Å²) in [6.45, 7) is 8.12. The molecule has 148 valence electrons. The zero-order valence-electron chi connectivity index (χ0n) is 15.8. The van der Waals surface area contributed by atoms with Crippen molar-refractivity contribution in [1.29, 1.82) is 0 Å². The lowest BCUT2D eigenvalue weighted by Gasteiger charge is -2.29. The van der Waals surface area contributed by atoms with Gasteiger partial charge in [0.05, 0.1) is 34.1 Å². The Bertz CT molecular complexity index is 997. The molecule has 9 heteroatoms. The van der Waals surface area contributed by atoms with Crippen LogP contribution < -0.4 is 4.90 Å². The molecule has 0 aliphatic carbocycles. The number of carbonyl (C=O) groups excluding carboxylic acids is 1. The van der Waals surface area contributed by atoms with Crippen molar-refractivity contribution in [1.82, 2.24) is 14.9 Å². The molecule has 1 fully saturated rings. The zero-order valence-corrected chi connectivity index (χ0v) is 17.4. The van der Waals surface area contributed by atoms with Crippen LogP contribution in [0.4, 0.5) is 9.52 Å². The van der Waals surface area contributed by atoms with Crippen LogP contribution in [0, 0.1) is 19.7 Å². The fourth-order valence-electron chi connectivity index (χ4n) is 3.20. The molecule has 0 bridgehead atoms. The number of rotatable bonds is 5. The summed E-state index contributed by atoms with van der Waals surface area (Å²) < 4.78 is 19.7. The molecule has 0 spiro atoms. The number of nitrogens with zero attached hydrogens (tertiary/aromatic N) is 4. The Morgan fingerprint density at radius 1 is 1.25 bits per heavy atom. The van der Waals surface area contributed by atoms with E-state index in [-0.39, 0.29) is 11.7 Å². The van der Waals surface area contributed by atoms with Gasteiger partial charge >= 0.3 is 0 Å². The number of morpholine rings is 1. The zero-order chi connectivity index (χ0) is 19.7. The Labute approximate surface area is 170 Å². The highest BCUT2D eigenvalue weighted by molar-refractivity contribution is 7.22. The summed E-state index contributed by atoms with van der Waals surface area (Å²) in [5.41, 5.74) is 1.43. The minimum Gasteiger partial charge on any atom is -0.379 e. The minimum atomic E-state index is -0.303. The summed E-state index contributed by atoms with van der Waals surface area (Å²) in [6.07, 6.45) is 0. The van der Waals surface area contributed by atoms with E-state index in [2.05, 4.69) is 14.9 Å². The number of halogens is 1. The molecule has 2 aromatic heterocycles. The number of aromatic nitrogens is 2. The van der Waals surface area contributed by atoms with Gasteiger partial charge < -0.3 is 4.74 Å². The van der Waals surface area contributed by atoms with Crippen molar-refractivity contribution < 1.29 is 13.9 Å². The van der Waals surface area contributed by atoms with Crippen LogP contribution >= 0.6 is 22.7 Å². The van der Waals surface area contributed by atoms with Gasteiger partial charge in [-0.15, -0.1) is 11.3 Å². The summed E-state index contributed by atoms with van der Waals surface area (Å²) in [5, 5.41) is 1.45. The summed E-state index contributed by atoms with van der Waals surface area (Å²) in [6, 6.07) is 4.50. The molecular formula is C19H21FN4O2S2. The molecule has 1 amide bonds. The van der Waals surface area contributed by atoms with Crippen molar-refractivity contribution in [2.24, 2.45) is 0 Å². The Morgan fingerprint density at radius 2 is 2.04 bits per heavy atom. The van der Waals surface area contributed by atoms with Crippen LogP contribution in [0.25, 0.3) is 10.2 Å². The Morgan fingerprint density at radius 3 is 2.75 bits per heavy atom. The quantitative estimate of drug-likeness (QED) is 0.632. The number of fused-ring (bicyclic) bond motifs is 1. The predicted octanol–water partition coefficient (Wildman–Crippen LogP) is 3.49. The lowest BCUT2D eigenvalue weighted by atomic mass is 10.3. The molecule has 1 aromatic carbocycles. The lowest BCUT2D eigenvalue weighted by Crippen LogP contribution is -2.43. The number of ether oxygens (including phenoxy) is 1. The molecule has 0 atom stereocenters. The Kier molecular flexibility index (Phi) is 5.68. The van der Waals surface area contributed by atoms with Crippen molar-refractivity contribution in [3.05, 3.63) is 39.6 Å². The predicted molar refractivity (Wildman–Crippen MR) is 110 cm³/mol. The van der Waals surface area contributed by atoms with Crippen LogP contribution in [0.1, 0.15) is 20.4 Å². The van der Waals surface area contributed by atoms with Crippen LogP contribution in [-0.4, -0.2) is 60.2 Å². The van der Waals surface area contributed by atoms with E-state index in [0.717, 1.165) is 35.0 Å². The third-order valence-electron chi connectivity index (χ3n) is 4.66. The average molecular weight is 421 g/mol. The van der Waals surface area contributed by atoms with Crippen LogP contribution in [0.15, 0.2) is 18.2 Å². The first kappa shape index (κ1) is 19.4. The van der Waals surface area contributed by atoms with Crippen molar-refractivity contribution in [3.8, 4) is 0 Å².